The molecule has 0 fully saturated rings. The van der Waals surface area contributed by atoms with Crippen LogP contribution in [0.1, 0.15) is 29.8 Å². The molecule has 0 bridgehead atoms. The fraction of sp³-hybridized carbons (Fsp3) is 0.429. The van der Waals surface area contributed by atoms with Crippen molar-refractivity contribution in [2.45, 2.75) is 20.8 Å². The first-order valence-electron chi connectivity index (χ1n) is 6.64. The first-order chi connectivity index (χ1) is 9.84. The maximum absolute atomic E-state index is 12.0. The van der Waals surface area contributed by atoms with E-state index in [9.17, 15) is 19.7 Å². The molecule has 0 aromatic heterocycles. The van der Waals surface area contributed by atoms with Crippen molar-refractivity contribution < 1.29 is 14.5 Å². The van der Waals surface area contributed by atoms with Crippen LogP contribution in [0.25, 0.3) is 0 Å². The normalized spacial score (nSPS) is 10.3. The molecule has 0 aliphatic rings. The van der Waals surface area contributed by atoms with Crippen LogP contribution in [0.3, 0.4) is 0 Å². The highest BCUT2D eigenvalue weighted by Gasteiger charge is 2.21. The van der Waals surface area contributed by atoms with Crippen LogP contribution in [0.15, 0.2) is 18.2 Å². The molecule has 0 aliphatic heterocycles. The Balaban J connectivity index is 2.63. The highest BCUT2D eigenvalue weighted by molar-refractivity contribution is 5.98. The van der Waals surface area contributed by atoms with Gasteiger partial charge in [-0.05, 0) is 13.0 Å². The minimum absolute atomic E-state index is 0.0233. The Labute approximate surface area is 122 Å². The van der Waals surface area contributed by atoms with E-state index in [1.54, 1.807) is 32.9 Å². The number of nitro groups is 1. The van der Waals surface area contributed by atoms with Gasteiger partial charge in [0.15, 0.2) is 0 Å². The molecule has 21 heavy (non-hydrogen) atoms. The lowest BCUT2D eigenvalue weighted by Gasteiger charge is -2.09. The highest BCUT2D eigenvalue weighted by Crippen LogP contribution is 2.22. The average Bonchev–Trinajstić information content (AvgIpc) is 2.42. The molecule has 1 rings (SSSR count). The second-order valence-electron chi connectivity index (χ2n) is 4.93. The third-order valence-electron chi connectivity index (χ3n) is 2.90. The van der Waals surface area contributed by atoms with Crippen LogP contribution in [0.4, 0.5) is 5.69 Å². The number of benzene rings is 1. The van der Waals surface area contributed by atoms with Gasteiger partial charge in [0, 0.05) is 24.6 Å². The van der Waals surface area contributed by atoms with Crippen molar-refractivity contribution in [3.8, 4) is 0 Å². The van der Waals surface area contributed by atoms with Gasteiger partial charge in [-0.15, -0.1) is 0 Å². The van der Waals surface area contributed by atoms with Crippen LogP contribution in [0.5, 0.6) is 0 Å². The zero-order valence-electron chi connectivity index (χ0n) is 12.3. The van der Waals surface area contributed by atoms with Gasteiger partial charge in [-0.3, -0.25) is 19.7 Å². The number of nitro benzene ring substituents is 1. The monoisotopic (exact) mass is 293 g/mol. The quantitative estimate of drug-likeness (QED) is 0.470. The largest absolute Gasteiger partial charge is 0.354 e. The van der Waals surface area contributed by atoms with E-state index in [1.165, 1.54) is 6.07 Å². The zero-order chi connectivity index (χ0) is 16.0. The van der Waals surface area contributed by atoms with Gasteiger partial charge in [-0.1, -0.05) is 26.0 Å². The molecule has 0 saturated heterocycles. The molecule has 0 radical (unpaired) electrons. The van der Waals surface area contributed by atoms with Crippen LogP contribution < -0.4 is 10.6 Å². The van der Waals surface area contributed by atoms with E-state index in [4.69, 9.17) is 0 Å². The fourth-order valence-corrected chi connectivity index (χ4v) is 1.75. The van der Waals surface area contributed by atoms with Gasteiger partial charge in [0.2, 0.25) is 5.91 Å². The molecule has 114 valence electrons. The molecule has 0 heterocycles. The average molecular weight is 293 g/mol. The molecule has 2 N–H and O–H groups in total. The smallest absolute Gasteiger partial charge is 0.285 e. The molecule has 1 aromatic carbocycles. The van der Waals surface area contributed by atoms with Crippen LogP contribution >= 0.6 is 0 Å². The summed E-state index contributed by atoms with van der Waals surface area (Å²) >= 11 is 0. The summed E-state index contributed by atoms with van der Waals surface area (Å²) in [7, 11) is 0. The van der Waals surface area contributed by atoms with E-state index in [-0.39, 0.29) is 36.2 Å². The van der Waals surface area contributed by atoms with Gasteiger partial charge in [0.1, 0.15) is 5.56 Å². The third-order valence-corrected chi connectivity index (χ3v) is 2.90. The first kappa shape index (κ1) is 16.6. The molecule has 1 aromatic rings. The number of hydrogen-bond acceptors (Lipinski definition) is 4. The van der Waals surface area contributed by atoms with E-state index < -0.39 is 10.8 Å². The topological polar surface area (TPSA) is 101 Å². The van der Waals surface area contributed by atoms with E-state index >= 15 is 0 Å². The number of para-hydroxylation sites is 1. The number of nitrogens with one attached hydrogen (secondary N) is 2. The van der Waals surface area contributed by atoms with Crippen molar-refractivity contribution in [2.24, 2.45) is 5.92 Å². The second-order valence-corrected chi connectivity index (χ2v) is 4.93. The number of aryl methyl sites for hydroxylation is 1. The fourth-order valence-electron chi connectivity index (χ4n) is 1.75. The SMILES string of the molecule is Cc1cccc(C(=O)NCCNC(=O)C(C)C)c1[N+](=O)[O-]. The summed E-state index contributed by atoms with van der Waals surface area (Å²) in [5.41, 5.74) is 0.261. The Bertz CT molecular complexity index is 555. The summed E-state index contributed by atoms with van der Waals surface area (Å²) in [6, 6.07) is 4.59. The highest BCUT2D eigenvalue weighted by atomic mass is 16.6. The molecule has 0 unspecified atom stereocenters. The maximum Gasteiger partial charge on any atom is 0.285 e. The number of nitrogens with zero attached hydrogens (tertiary/aromatic N) is 1. The Hall–Kier alpha value is -2.44. The molecule has 2 amide bonds. The third kappa shape index (κ3) is 4.55. The molecule has 0 atom stereocenters. The lowest BCUT2D eigenvalue weighted by molar-refractivity contribution is -0.385. The van der Waals surface area contributed by atoms with Crippen LogP contribution in [0.2, 0.25) is 0 Å². The Morgan fingerprint density at radius 3 is 2.43 bits per heavy atom. The molecule has 7 heteroatoms. The lowest BCUT2D eigenvalue weighted by atomic mass is 10.1. The van der Waals surface area contributed by atoms with Gasteiger partial charge in [-0.2, -0.15) is 0 Å². The molecule has 0 saturated carbocycles. The summed E-state index contributed by atoms with van der Waals surface area (Å²) < 4.78 is 0. The van der Waals surface area contributed by atoms with Crippen molar-refractivity contribution in [1.82, 2.24) is 10.6 Å². The van der Waals surface area contributed by atoms with Gasteiger partial charge in [0.05, 0.1) is 4.92 Å². The van der Waals surface area contributed by atoms with Gasteiger partial charge in [-0.25, -0.2) is 0 Å². The van der Waals surface area contributed by atoms with Crippen molar-refractivity contribution in [1.29, 1.82) is 0 Å². The first-order valence-corrected chi connectivity index (χ1v) is 6.64. The lowest BCUT2D eigenvalue weighted by Crippen LogP contribution is -2.36. The number of rotatable bonds is 6. The Morgan fingerprint density at radius 2 is 1.86 bits per heavy atom. The molecular formula is C14H19N3O4. The van der Waals surface area contributed by atoms with Crippen molar-refractivity contribution in [3.05, 3.63) is 39.4 Å². The standard InChI is InChI=1S/C14H19N3O4/c1-9(2)13(18)15-7-8-16-14(19)11-6-4-5-10(3)12(11)17(20)21/h4-6,9H,7-8H2,1-3H3,(H,15,18)(H,16,19). The summed E-state index contributed by atoms with van der Waals surface area (Å²) in [6.07, 6.45) is 0. The van der Waals surface area contributed by atoms with Gasteiger partial charge >= 0.3 is 0 Å². The summed E-state index contributed by atoms with van der Waals surface area (Å²) in [5, 5.41) is 16.2. The Morgan fingerprint density at radius 1 is 1.24 bits per heavy atom. The molecular weight excluding hydrogens is 274 g/mol. The van der Waals surface area contributed by atoms with Crippen molar-refractivity contribution in [2.75, 3.05) is 13.1 Å². The summed E-state index contributed by atoms with van der Waals surface area (Å²) in [6.45, 7) is 5.61. The summed E-state index contributed by atoms with van der Waals surface area (Å²) in [4.78, 5) is 33.8. The van der Waals surface area contributed by atoms with E-state index in [0.717, 1.165) is 0 Å². The molecule has 0 aliphatic carbocycles. The number of hydrogen-bond donors (Lipinski definition) is 2. The molecule has 0 spiro atoms. The predicted molar refractivity (Wildman–Crippen MR) is 78.0 cm³/mol. The summed E-state index contributed by atoms with van der Waals surface area (Å²) in [5.74, 6) is -0.756. The van der Waals surface area contributed by atoms with Crippen LogP contribution in [-0.2, 0) is 4.79 Å². The number of carbonyl (C=O) groups excluding carboxylic acids is 2. The Kier molecular flexibility index (Phi) is 5.83. The van der Waals surface area contributed by atoms with Crippen LogP contribution in [-0.4, -0.2) is 29.8 Å². The van der Waals surface area contributed by atoms with Gasteiger partial charge < -0.3 is 10.6 Å². The van der Waals surface area contributed by atoms with Crippen molar-refractivity contribution in [3.63, 3.8) is 0 Å². The second kappa shape index (κ2) is 7.37. The van der Waals surface area contributed by atoms with Crippen LogP contribution in [0, 0.1) is 23.0 Å². The number of amides is 2. The maximum atomic E-state index is 12.0. The predicted octanol–water partition coefficient (Wildman–Crippen LogP) is 1.41. The minimum atomic E-state index is -0.565. The number of carbonyl (C=O) groups is 2. The van der Waals surface area contributed by atoms with Crippen molar-refractivity contribution >= 4 is 17.5 Å². The van der Waals surface area contributed by atoms with E-state index in [2.05, 4.69) is 10.6 Å². The van der Waals surface area contributed by atoms with E-state index in [0.29, 0.717) is 5.56 Å². The van der Waals surface area contributed by atoms with Gasteiger partial charge in [0.25, 0.3) is 11.6 Å². The minimum Gasteiger partial charge on any atom is -0.354 e. The molecule has 7 nitrogen and oxygen atoms in total. The zero-order valence-corrected chi connectivity index (χ0v) is 12.3. The van der Waals surface area contributed by atoms with E-state index in [1.807, 2.05) is 0 Å².